The predicted molar refractivity (Wildman–Crippen MR) is 110 cm³/mol. The van der Waals surface area contributed by atoms with Gasteiger partial charge in [-0.3, -0.25) is 4.79 Å². The number of nitrogens with zero attached hydrogens (tertiary/aromatic N) is 2. The number of carbonyl (C=O) groups excluding carboxylic acids is 1. The maximum atomic E-state index is 13.1. The highest BCUT2D eigenvalue weighted by Crippen LogP contribution is 2.31. The predicted octanol–water partition coefficient (Wildman–Crippen LogP) is 3.41. The molecule has 0 aliphatic rings. The fourth-order valence-corrected chi connectivity index (χ4v) is 3.48. The van der Waals surface area contributed by atoms with Gasteiger partial charge in [-0.2, -0.15) is 0 Å². The van der Waals surface area contributed by atoms with E-state index in [1.165, 1.54) is 25.6 Å². The Hall–Kier alpha value is -3.65. The number of hydrogen-bond acceptors (Lipinski definition) is 7. The maximum Gasteiger partial charge on any atom is 0.373 e. The van der Waals surface area contributed by atoms with E-state index in [9.17, 15) is 9.59 Å². The van der Waals surface area contributed by atoms with E-state index >= 15 is 0 Å². The average molecular weight is 408 g/mol. The molecule has 0 unspecified atom stereocenters. The topological polar surface area (TPSA) is 79.6 Å². The third-order valence-corrected chi connectivity index (χ3v) is 5.13. The fourth-order valence-electron chi connectivity index (χ4n) is 2.88. The van der Waals surface area contributed by atoms with Crippen LogP contribution in [0.2, 0.25) is 0 Å². The van der Waals surface area contributed by atoms with E-state index in [0.717, 1.165) is 4.73 Å². The molecule has 2 heterocycles. The van der Waals surface area contributed by atoms with E-state index in [1.54, 1.807) is 60.0 Å². The molecule has 7 nitrogen and oxygen atoms in total. The Kier molecular flexibility index (Phi) is 5.01. The van der Waals surface area contributed by atoms with Gasteiger partial charge < -0.3 is 14.3 Å². The van der Waals surface area contributed by atoms with Crippen molar-refractivity contribution in [2.75, 3.05) is 14.2 Å². The van der Waals surface area contributed by atoms with Gasteiger partial charge in [0.05, 0.1) is 25.1 Å². The molecule has 29 heavy (non-hydrogen) atoms. The Bertz CT molecular complexity index is 1250. The first-order valence-corrected chi connectivity index (χ1v) is 9.50. The summed E-state index contributed by atoms with van der Waals surface area (Å²) in [6.45, 7) is 0. The minimum Gasteiger partial charge on any atom is -0.493 e. The molecule has 0 saturated heterocycles. The minimum absolute atomic E-state index is 0.180. The third-order valence-electron chi connectivity index (χ3n) is 4.28. The van der Waals surface area contributed by atoms with Crippen LogP contribution in [0.25, 0.3) is 22.3 Å². The molecule has 4 aromatic rings. The van der Waals surface area contributed by atoms with E-state index in [1.807, 2.05) is 0 Å². The first-order chi connectivity index (χ1) is 14.1. The van der Waals surface area contributed by atoms with Crippen molar-refractivity contribution in [3.05, 3.63) is 75.2 Å². The summed E-state index contributed by atoms with van der Waals surface area (Å²) < 4.78 is 11.5. The van der Waals surface area contributed by atoms with Gasteiger partial charge in [-0.05, 0) is 41.8 Å². The summed E-state index contributed by atoms with van der Waals surface area (Å²) in [4.78, 5) is 36.0. The second-order valence-electron chi connectivity index (χ2n) is 5.98. The van der Waals surface area contributed by atoms with Gasteiger partial charge in [0.2, 0.25) is 0 Å². The van der Waals surface area contributed by atoms with Gasteiger partial charge in [0.25, 0.3) is 5.56 Å². The van der Waals surface area contributed by atoms with E-state index < -0.39 is 11.5 Å². The van der Waals surface area contributed by atoms with Gasteiger partial charge in [0, 0.05) is 5.56 Å². The fraction of sp³-hybridized carbons (Fsp3) is 0.0952. The van der Waals surface area contributed by atoms with Gasteiger partial charge >= 0.3 is 5.97 Å². The highest BCUT2D eigenvalue weighted by atomic mass is 32.1. The lowest BCUT2D eigenvalue weighted by molar-refractivity contribution is 0.0455. The zero-order valence-corrected chi connectivity index (χ0v) is 16.4. The number of thiophene rings is 1. The number of rotatable bonds is 5. The summed E-state index contributed by atoms with van der Waals surface area (Å²) in [6.07, 6.45) is 0. The van der Waals surface area contributed by atoms with Crippen molar-refractivity contribution in [2.45, 2.75) is 0 Å². The summed E-state index contributed by atoms with van der Waals surface area (Å²) in [5.41, 5.74) is 0.542. The highest BCUT2D eigenvalue weighted by Gasteiger charge is 2.19. The molecule has 0 bridgehead atoms. The summed E-state index contributed by atoms with van der Waals surface area (Å²) in [7, 11) is 3.05. The molecule has 4 rings (SSSR count). The number of aromatic nitrogens is 2. The lowest BCUT2D eigenvalue weighted by Crippen LogP contribution is -2.32. The molecular weight excluding hydrogens is 392 g/mol. The Balaban J connectivity index is 1.92. The maximum absolute atomic E-state index is 13.1. The smallest absolute Gasteiger partial charge is 0.373 e. The van der Waals surface area contributed by atoms with Gasteiger partial charge in [-0.15, -0.1) is 16.1 Å². The molecule has 0 aliphatic carbocycles. The van der Waals surface area contributed by atoms with E-state index in [0.29, 0.717) is 32.8 Å². The van der Waals surface area contributed by atoms with Gasteiger partial charge in [-0.25, -0.2) is 9.78 Å². The van der Waals surface area contributed by atoms with Crippen LogP contribution in [0, 0.1) is 0 Å². The SMILES string of the molecule is COc1ccc(-c2nc3ccccc3c(=O)n2OC(=O)c2cccs2)cc1OC. The van der Waals surface area contributed by atoms with Crippen LogP contribution in [0.1, 0.15) is 9.67 Å². The molecule has 0 atom stereocenters. The third kappa shape index (κ3) is 3.45. The summed E-state index contributed by atoms with van der Waals surface area (Å²) in [5, 5.41) is 2.10. The molecule has 0 fully saturated rings. The standard InChI is InChI=1S/C21H16N2O5S/c1-26-16-10-9-13(12-17(16)27-2)19-22-15-7-4-3-6-14(15)20(24)23(19)28-21(25)18-8-5-11-29-18/h3-12H,1-2H3. The Morgan fingerprint density at radius 3 is 2.52 bits per heavy atom. The number of ether oxygens (including phenoxy) is 2. The van der Waals surface area contributed by atoms with Gasteiger partial charge in [0.15, 0.2) is 17.3 Å². The Morgan fingerprint density at radius 2 is 1.79 bits per heavy atom. The molecule has 146 valence electrons. The minimum atomic E-state index is -0.638. The van der Waals surface area contributed by atoms with Crippen molar-refractivity contribution in [3.63, 3.8) is 0 Å². The largest absolute Gasteiger partial charge is 0.493 e. The number of fused-ring (bicyclic) bond motifs is 1. The Labute approximate surface area is 169 Å². The van der Waals surface area contributed by atoms with Crippen LogP contribution in [0.15, 0.2) is 64.8 Å². The van der Waals surface area contributed by atoms with E-state index in [4.69, 9.17) is 14.3 Å². The molecule has 2 aromatic carbocycles. The summed E-state index contributed by atoms with van der Waals surface area (Å²) >= 11 is 1.23. The second-order valence-corrected chi connectivity index (χ2v) is 6.93. The quantitative estimate of drug-likeness (QED) is 0.504. The second kappa shape index (κ2) is 7.76. The summed E-state index contributed by atoms with van der Waals surface area (Å²) in [5.74, 6) is 0.533. The number of hydrogen-bond donors (Lipinski definition) is 0. The van der Waals surface area contributed by atoms with Crippen LogP contribution < -0.4 is 19.9 Å². The van der Waals surface area contributed by atoms with Crippen LogP contribution >= 0.6 is 11.3 Å². The number of carbonyl (C=O) groups is 1. The highest BCUT2D eigenvalue weighted by molar-refractivity contribution is 7.11. The molecule has 0 N–H and O–H groups in total. The van der Waals surface area contributed by atoms with Crippen molar-refractivity contribution < 1.29 is 19.1 Å². The first-order valence-electron chi connectivity index (χ1n) is 8.62. The van der Waals surface area contributed by atoms with Crippen molar-refractivity contribution in [2.24, 2.45) is 0 Å². The van der Waals surface area contributed by atoms with Crippen molar-refractivity contribution in [1.82, 2.24) is 9.71 Å². The zero-order chi connectivity index (χ0) is 20.4. The van der Waals surface area contributed by atoms with Gasteiger partial charge in [-0.1, -0.05) is 18.2 Å². The molecule has 0 aliphatic heterocycles. The lowest BCUT2D eigenvalue weighted by Gasteiger charge is -2.14. The summed E-state index contributed by atoms with van der Waals surface area (Å²) in [6, 6.07) is 15.3. The zero-order valence-electron chi connectivity index (χ0n) is 15.6. The van der Waals surface area contributed by atoms with Crippen LogP contribution in [0.4, 0.5) is 0 Å². The average Bonchev–Trinajstić information content (AvgIpc) is 3.30. The monoisotopic (exact) mass is 408 g/mol. The molecule has 0 saturated carbocycles. The molecule has 0 radical (unpaired) electrons. The van der Waals surface area contributed by atoms with Crippen molar-refractivity contribution in [3.8, 4) is 22.9 Å². The molecule has 0 amide bonds. The number of para-hydroxylation sites is 1. The number of benzene rings is 2. The van der Waals surface area contributed by atoms with E-state index in [-0.39, 0.29) is 5.82 Å². The first kappa shape index (κ1) is 18.7. The molecule has 0 spiro atoms. The number of methoxy groups -OCH3 is 2. The van der Waals surface area contributed by atoms with E-state index in [2.05, 4.69) is 4.98 Å². The van der Waals surface area contributed by atoms with Crippen LogP contribution in [0.3, 0.4) is 0 Å². The Morgan fingerprint density at radius 1 is 1.00 bits per heavy atom. The molecule has 2 aromatic heterocycles. The van der Waals surface area contributed by atoms with Crippen molar-refractivity contribution >= 4 is 28.2 Å². The van der Waals surface area contributed by atoms with Gasteiger partial charge in [0.1, 0.15) is 4.88 Å². The molecule has 8 heteroatoms. The van der Waals surface area contributed by atoms with Crippen molar-refractivity contribution in [1.29, 1.82) is 0 Å². The molecular formula is C21H16N2O5S. The van der Waals surface area contributed by atoms with Crippen LogP contribution in [-0.2, 0) is 0 Å². The lowest BCUT2D eigenvalue weighted by atomic mass is 10.1. The van der Waals surface area contributed by atoms with Crippen LogP contribution in [0.5, 0.6) is 11.5 Å². The van der Waals surface area contributed by atoms with Crippen LogP contribution in [-0.4, -0.2) is 29.9 Å². The normalized spacial score (nSPS) is 10.7.